The van der Waals surface area contributed by atoms with Crippen LogP contribution in [0.3, 0.4) is 0 Å². The van der Waals surface area contributed by atoms with Gasteiger partial charge in [-0.1, -0.05) is 36.4 Å². The molecule has 1 aromatic carbocycles. The average molecular weight is 353 g/mol. The lowest BCUT2D eigenvalue weighted by Gasteiger charge is -2.36. The molecule has 2 aromatic rings. The summed E-state index contributed by atoms with van der Waals surface area (Å²) in [7, 11) is 4.07. The first-order valence-corrected chi connectivity index (χ1v) is 9.05. The van der Waals surface area contributed by atoms with Crippen LogP contribution >= 0.6 is 0 Å². The molecule has 1 unspecified atom stereocenters. The van der Waals surface area contributed by atoms with E-state index in [9.17, 15) is 4.79 Å². The van der Waals surface area contributed by atoms with Crippen molar-refractivity contribution in [2.45, 2.75) is 6.04 Å². The number of hydrogen-bond donors (Lipinski definition) is 1. The van der Waals surface area contributed by atoms with Crippen molar-refractivity contribution in [3.8, 4) is 0 Å². The summed E-state index contributed by atoms with van der Waals surface area (Å²) in [6.07, 6.45) is 1.80. The van der Waals surface area contributed by atoms with Crippen molar-refractivity contribution in [2.75, 3.05) is 51.7 Å². The molecule has 3 rings (SSSR count). The summed E-state index contributed by atoms with van der Waals surface area (Å²) in [4.78, 5) is 23.2. The Balaban J connectivity index is 1.51. The van der Waals surface area contributed by atoms with Gasteiger partial charge in [0.2, 0.25) is 0 Å². The standard InChI is InChI=1S/C20H27N5O/c1-23(2)18(17-8-4-3-5-9-17)16-22-20(26)25-14-12-24(13-15-25)19-10-6-7-11-21-19/h3-11,18H,12-16H2,1-2H3,(H,22,26). The van der Waals surface area contributed by atoms with Gasteiger partial charge in [-0.15, -0.1) is 0 Å². The van der Waals surface area contributed by atoms with Gasteiger partial charge in [0.1, 0.15) is 5.82 Å². The number of carbonyl (C=O) groups is 1. The molecule has 26 heavy (non-hydrogen) atoms. The van der Waals surface area contributed by atoms with Crippen LogP contribution in [0.15, 0.2) is 54.7 Å². The molecule has 1 aromatic heterocycles. The van der Waals surface area contributed by atoms with Crippen molar-refractivity contribution in [3.63, 3.8) is 0 Å². The molecule has 0 spiro atoms. The summed E-state index contributed by atoms with van der Waals surface area (Å²) in [5, 5.41) is 3.10. The smallest absolute Gasteiger partial charge is 0.317 e. The van der Waals surface area contributed by atoms with E-state index in [1.165, 1.54) is 5.56 Å². The van der Waals surface area contributed by atoms with E-state index in [1.807, 2.05) is 55.4 Å². The minimum atomic E-state index is 0.00783. The molecule has 0 bridgehead atoms. The van der Waals surface area contributed by atoms with Crippen LogP contribution in [-0.4, -0.2) is 67.6 Å². The van der Waals surface area contributed by atoms with E-state index in [4.69, 9.17) is 0 Å². The summed E-state index contributed by atoms with van der Waals surface area (Å²) >= 11 is 0. The monoisotopic (exact) mass is 353 g/mol. The number of pyridine rings is 1. The third-order valence-electron chi connectivity index (χ3n) is 4.79. The van der Waals surface area contributed by atoms with Gasteiger partial charge in [0.15, 0.2) is 0 Å². The number of carbonyl (C=O) groups excluding carboxylic acids is 1. The Morgan fingerprint density at radius 2 is 1.77 bits per heavy atom. The fraction of sp³-hybridized carbons (Fsp3) is 0.400. The highest BCUT2D eigenvalue weighted by Crippen LogP contribution is 2.17. The second kappa shape index (κ2) is 8.67. The number of urea groups is 1. The van der Waals surface area contributed by atoms with Gasteiger partial charge in [0, 0.05) is 38.9 Å². The minimum Gasteiger partial charge on any atom is -0.353 e. The fourth-order valence-corrected chi connectivity index (χ4v) is 3.25. The molecule has 2 heterocycles. The van der Waals surface area contributed by atoms with Crippen molar-refractivity contribution >= 4 is 11.8 Å². The molecule has 1 fully saturated rings. The van der Waals surface area contributed by atoms with E-state index in [2.05, 4.69) is 32.2 Å². The van der Waals surface area contributed by atoms with Crippen LogP contribution in [0.25, 0.3) is 0 Å². The van der Waals surface area contributed by atoms with Crippen LogP contribution in [0.5, 0.6) is 0 Å². The number of anilines is 1. The molecule has 6 nitrogen and oxygen atoms in total. The van der Waals surface area contributed by atoms with Crippen LogP contribution in [0.4, 0.5) is 10.6 Å². The summed E-state index contributed by atoms with van der Waals surface area (Å²) in [5.74, 6) is 0.976. The van der Waals surface area contributed by atoms with Crippen LogP contribution in [0.2, 0.25) is 0 Å². The molecule has 6 heteroatoms. The number of rotatable bonds is 5. The lowest BCUT2D eigenvalue weighted by atomic mass is 10.1. The average Bonchev–Trinajstić information content (AvgIpc) is 2.69. The number of piperazine rings is 1. The highest BCUT2D eigenvalue weighted by Gasteiger charge is 2.23. The third kappa shape index (κ3) is 4.52. The van der Waals surface area contributed by atoms with E-state index in [1.54, 1.807) is 6.20 Å². The number of nitrogens with one attached hydrogen (secondary N) is 1. The van der Waals surface area contributed by atoms with Gasteiger partial charge in [-0.25, -0.2) is 9.78 Å². The maximum Gasteiger partial charge on any atom is 0.317 e. The van der Waals surface area contributed by atoms with Gasteiger partial charge in [-0.3, -0.25) is 0 Å². The molecule has 1 saturated heterocycles. The van der Waals surface area contributed by atoms with Crippen molar-refractivity contribution in [2.24, 2.45) is 0 Å². The predicted molar refractivity (Wildman–Crippen MR) is 104 cm³/mol. The molecule has 1 atom stereocenters. The maximum atomic E-state index is 12.6. The van der Waals surface area contributed by atoms with Gasteiger partial charge in [-0.05, 0) is 31.8 Å². The zero-order chi connectivity index (χ0) is 18.4. The molecular weight excluding hydrogens is 326 g/mol. The molecule has 0 radical (unpaired) electrons. The fourth-order valence-electron chi connectivity index (χ4n) is 3.25. The SMILES string of the molecule is CN(C)C(CNC(=O)N1CCN(c2ccccn2)CC1)c1ccccc1. The van der Waals surface area contributed by atoms with Gasteiger partial charge < -0.3 is 20.0 Å². The lowest BCUT2D eigenvalue weighted by Crippen LogP contribution is -2.52. The molecule has 1 aliphatic heterocycles. The summed E-state index contributed by atoms with van der Waals surface area (Å²) in [6, 6.07) is 16.4. The van der Waals surface area contributed by atoms with E-state index >= 15 is 0 Å². The van der Waals surface area contributed by atoms with Crippen LogP contribution in [-0.2, 0) is 0 Å². The van der Waals surface area contributed by atoms with E-state index in [0.29, 0.717) is 19.6 Å². The van der Waals surface area contributed by atoms with Crippen LogP contribution < -0.4 is 10.2 Å². The Kier molecular flexibility index (Phi) is 6.07. The number of benzene rings is 1. The normalized spacial score (nSPS) is 15.8. The molecule has 0 saturated carbocycles. The Morgan fingerprint density at radius 3 is 2.38 bits per heavy atom. The van der Waals surface area contributed by atoms with Gasteiger partial charge in [0.25, 0.3) is 0 Å². The van der Waals surface area contributed by atoms with E-state index < -0.39 is 0 Å². The Labute approximate surface area is 155 Å². The predicted octanol–water partition coefficient (Wildman–Crippen LogP) is 2.22. The quantitative estimate of drug-likeness (QED) is 0.895. The molecule has 138 valence electrons. The van der Waals surface area contributed by atoms with Gasteiger partial charge in [0.05, 0.1) is 6.04 Å². The molecule has 0 aliphatic carbocycles. The topological polar surface area (TPSA) is 51.7 Å². The third-order valence-corrected chi connectivity index (χ3v) is 4.79. The summed E-state index contributed by atoms with van der Waals surface area (Å²) in [6.45, 7) is 3.62. The number of likely N-dealkylation sites (N-methyl/N-ethyl adjacent to an activating group) is 1. The molecular formula is C20H27N5O. The summed E-state index contributed by atoms with van der Waals surface area (Å²) < 4.78 is 0. The minimum absolute atomic E-state index is 0.00783. The highest BCUT2D eigenvalue weighted by molar-refractivity contribution is 5.74. The molecule has 2 amide bonds. The van der Waals surface area contributed by atoms with Gasteiger partial charge >= 0.3 is 6.03 Å². The Hall–Kier alpha value is -2.60. The van der Waals surface area contributed by atoms with Crippen molar-refractivity contribution < 1.29 is 4.79 Å². The second-order valence-electron chi connectivity index (χ2n) is 6.74. The number of aromatic nitrogens is 1. The van der Waals surface area contributed by atoms with Crippen molar-refractivity contribution in [1.29, 1.82) is 0 Å². The molecule has 1 aliphatic rings. The van der Waals surface area contributed by atoms with Crippen LogP contribution in [0, 0.1) is 0 Å². The van der Waals surface area contributed by atoms with Crippen molar-refractivity contribution in [1.82, 2.24) is 20.1 Å². The Morgan fingerprint density at radius 1 is 1.08 bits per heavy atom. The number of nitrogens with zero attached hydrogens (tertiary/aromatic N) is 4. The maximum absolute atomic E-state index is 12.6. The van der Waals surface area contributed by atoms with Gasteiger partial charge in [-0.2, -0.15) is 0 Å². The first-order valence-electron chi connectivity index (χ1n) is 9.05. The lowest BCUT2D eigenvalue weighted by molar-refractivity contribution is 0.189. The first kappa shape index (κ1) is 18.2. The molecule has 1 N–H and O–H groups in total. The van der Waals surface area contributed by atoms with Crippen molar-refractivity contribution in [3.05, 3.63) is 60.3 Å². The zero-order valence-electron chi connectivity index (χ0n) is 15.5. The zero-order valence-corrected chi connectivity index (χ0v) is 15.5. The largest absolute Gasteiger partial charge is 0.353 e. The Bertz CT molecular complexity index is 684. The van der Waals surface area contributed by atoms with E-state index in [0.717, 1.165) is 18.9 Å². The highest BCUT2D eigenvalue weighted by atomic mass is 16.2. The van der Waals surface area contributed by atoms with Crippen LogP contribution in [0.1, 0.15) is 11.6 Å². The van der Waals surface area contributed by atoms with E-state index in [-0.39, 0.29) is 12.1 Å². The summed E-state index contributed by atoms with van der Waals surface area (Å²) in [5.41, 5.74) is 1.21. The second-order valence-corrected chi connectivity index (χ2v) is 6.74. The number of hydrogen-bond acceptors (Lipinski definition) is 4. The number of amides is 2. The first-order chi connectivity index (χ1) is 12.6.